The summed E-state index contributed by atoms with van der Waals surface area (Å²) in [5.41, 5.74) is 1.35. The zero-order chi connectivity index (χ0) is 17.5. The first kappa shape index (κ1) is 17.9. The largest absolute Gasteiger partial charge is 0.497 e. The van der Waals surface area contributed by atoms with Gasteiger partial charge >= 0.3 is 0 Å². The molecule has 0 heterocycles. The van der Waals surface area contributed by atoms with Crippen molar-refractivity contribution < 1.29 is 18.7 Å². The third kappa shape index (κ3) is 5.06. The molecule has 2 aromatic rings. The molecule has 0 fully saturated rings. The Hall–Kier alpha value is -2.40. The average Bonchev–Trinajstić information content (AvgIpc) is 2.58. The van der Waals surface area contributed by atoms with Crippen LogP contribution in [0.1, 0.15) is 18.4 Å². The Balaban J connectivity index is 1.80. The fourth-order valence-electron chi connectivity index (χ4n) is 2.13. The SMILES string of the molecule is COc1ccc(CCCC(=O)C(=O)Nc2ccc(F)c(Cl)c2)cc1. The number of amides is 1. The number of nitrogens with one attached hydrogen (secondary N) is 1. The van der Waals surface area contributed by atoms with Crippen LogP contribution in [0.3, 0.4) is 0 Å². The van der Waals surface area contributed by atoms with E-state index < -0.39 is 17.5 Å². The molecule has 2 rings (SSSR count). The lowest BCUT2D eigenvalue weighted by molar-refractivity contribution is -0.134. The molecule has 0 saturated heterocycles. The molecule has 0 aliphatic heterocycles. The highest BCUT2D eigenvalue weighted by molar-refractivity contribution is 6.40. The first-order valence-electron chi connectivity index (χ1n) is 7.42. The molecular weight excluding hydrogens is 333 g/mol. The summed E-state index contributed by atoms with van der Waals surface area (Å²) in [5.74, 6) is -1.07. The summed E-state index contributed by atoms with van der Waals surface area (Å²) >= 11 is 5.63. The van der Waals surface area contributed by atoms with Crippen LogP contribution in [0.2, 0.25) is 5.02 Å². The summed E-state index contributed by atoms with van der Waals surface area (Å²) < 4.78 is 18.1. The van der Waals surface area contributed by atoms with E-state index in [1.54, 1.807) is 7.11 Å². The first-order valence-corrected chi connectivity index (χ1v) is 7.79. The van der Waals surface area contributed by atoms with E-state index in [0.717, 1.165) is 17.4 Å². The second-order valence-corrected chi connectivity index (χ2v) is 5.62. The molecule has 0 saturated carbocycles. The van der Waals surface area contributed by atoms with Gasteiger partial charge in [-0.1, -0.05) is 23.7 Å². The van der Waals surface area contributed by atoms with Crippen molar-refractivity contribution in [2.45, 2.75) is 19.3 Å². The second kappa shape index (κ2) is 8.45. The number of hydrogen-bond acceptors (Lipinski definition) is 3. The van der Waals surface area contributed by atoms with Crippen molar-refractivity contribution in [1.82, 2.24) is 0 Å². The maximum absolute atomic E-state index is 13.1. The van der Waals surface area contributed by atoms with Gasteiger partial charge in [0.1, 0.15) is 11.6 Å². The monoisotopic (exact) mass is 349 g/mol. The predicted octanol–water partition coefficient (Wildman–Crippen LogP) is 4.02. The number of aryl methyl sites for hydroxylation is 1. The fraction of sp³-hybridized carbons (Fsp3) is 0.222. The van der Waals surface area contributed by atoms with Crippen LogP contribution in [0.15, 0.2) is 42.5 Å². The highest BCUT2D eigenvalue weighted by Crippen LogP contribution is 2.19. The number of carbonyl (C=O) groups is 2. The third-order valence-corrected chi connectivity index (χ3v) is 3.75. The minimum Gasteiger partial charge on any atom is -0.497 e. The smallest absolute Gasteiger partial charge is 0.291 e. The highest BCUT2D eigenvalue weighted by Gasteiger charge is 2.14. The van der Waals surface area contributed by atoms with Crippen LogP contribution in [-0.2, 0) is 16.0 Å². The Bertz CT molecular complexity index is 732. The number of hydrogen-bond donors (Lipinski definition) is 1. The molecular formula is C18H17ClFNO3. The topological polar surface area (TPSA) is 55.4 Å². The van der Waals surface area contributed by atoms with Gasteiger partial charge in [0.05, 0.1) is 12.1 Å². The molecule has 0 aromatic heterocycles. The number of anilines is 1. The van der Waals surface area contributed by atoms with Crippen LogP contribution >= 0.6 is 11.6 Å². The zero-order valence-corrected chi connectivity index (χ0v) is 13.9. The fourth-order valence-corrected chi connectivity index (χ4v) is 2.31. The summed E-state index contributed by atoms with van der Waals surface area (Å²) in [7, 11) is 1.60. The van der Waals surface area contributed by atoms with Gasteiger partial charge in [-0.15, -0.1) is 0 Å². The van der Waals surface area contributed by atoms with E-state index in [2.05, 4.69) is 5.32 Å². The van der Waals surface area contributed by atoms with Crippen molar-refractivity contribution >= 4 is 29.0 Å². The molecule has 24 heavy (non-hydrogen) atoms. The summed E-state index contributed by atoms with van der Waals surface area (Å²) in [6.45, 7) is 0. The summed E-state index contributed by atoms with van der Waals surface area (Å²) in [5, 5.41) is 2.31. The van der Waals surface area contributed by atoms with Crippen LogP contribution in [0.4, 0.5) is 10.1 Å². The van der Waals surface area contributed by atoms with E-state index in [-0.39, 0.29) is 17.1 Å². The van der Waals surface area contributed by atoms with E-state index in [1.807, 2.05) is 24.3 Å². The lowest BCUT2D eigenvalue weighted by atomic mass is 10.1. The minimum atomic E-state index is -0.729. The van der Waals surface area contributed by atoms with Gasteiger partial charge in [-0.25, -0.2) is 4.39 Å². The van der Waals surface area contributed by atoms with E-state index in [0.29, 0.717) is 12.8 Å². The van der Waals surface area contributed by atoms with Crippen molar-refractivity contribution in [2.75, 3.05) is 12.4 Å². The molecule has 0 unspecified atom stereocenters. The van der Waals surface area contributed by atoms with Gasteiger partial charge in [0, 0.05) is 12.1 Å². The molecule has 0 bridgehead atoms. The quantitative estimate of drug-likeness (QED) is 0.768. The van der Waals surface area contributed by atoms with E-state index in [9.17, 15) is 14.0 Å². The molecule has 1 N–H and O–H groups in total. The normalized spacial score (nSPS) is 10.3. The Morgan fingerprint density at radius 1 is 1.17 bits per heavy atom. The standard InChI is InChI=1S/C18H17ClFNO3/c1-24-14-8-5-12(6-9-14)3-2-4-17(22)18(23)21-13-7-10-16(20)15(19)11-13/h5-11H,2-4H2,1H3,(H,21,23). The van der Waals surface area contributed by atoms with Crippen LogP contribution in [-0.4, -0.2) is 18.8 Å². The van der Waals surface area contributed by atoms with E-state index in [4.69, 9.17) is 16.3 Å². The number of ether oxygens (including phenoxy) is 1. The summed E-state index contributed by atoms with van der Waals surface area (Å²) in [4.78, 5) is 23.7. The lowest BCUT2D eigenvalue weighted by Crippen LogP contribution is -2.22. The van der Waals surface area contributed by atoms with Crippen LogP contribution in [0.25, 0.3) is 0 Å². The van der Waals surface area contributed by atoms with Gasteiger partial charge in [-0.3, -0.25) is 9.59 Å². The lowest BCUT2D eigenvalue weighted by Gasteiger charge is -2.06. The van der Waals surface area contributed by atoms with E-state index >= 15 is 0 Å². The number of Topliss-reactive ketones (excluding diaryl/α,β-unsaturated/α-hetero) is 1. The Morgan fingerprint density at radius 3 is 2.50 bits per heavy atom. The number of benzene rings is 2. The number of rotatable bonds is 7. The van der Waals surface area contributed by atoms with Crippen LogP contribution in [0, 0.1) is 5.82 Å². The number of halogens is 2. The first-order chi connectivity index (χ1) is 11.5. The molecule has 2 aromatic carbocycles. The molecule has 0 spiro atoms. The zero-order valence-electron chi connectivity index (χ0n) is 13.1. The third-order valence-electron chi connectivity index (χ3n) is 3.46. The minimum absolute atomic E-state index is 0.111. The van der Waals surface area contributed by atoms with Crippen molar-refractivity contribution in [3.8, 4) is 5.75 Å². The Labute approximate surface area is 144 Å². The molecule has 126 valence electrons. The molecule has 0 aliphatic rings. The van der Waals surface area contributed by atoms with Gasteiger partial charge in [0.2, 0.25) is 5.78 Å². The molecule has 0 atom stereocenters. The maximum atomic E-state index is 13.1. The van der Waals surface area contributed by atoms with Gasteiger partial charge in [0.25, 0.3) is 5.91 Å². The van der Waals surface area contributed by atoms with Gasteiger partial charge < -0.3 is 10.1 Å². The predicted molar refractivity (Wildman–Crippen MR) is 91.0 cm³/mol. The number of carbonyl (C=O) groups excluding carboxylic acids is 2. The van der Waals surface area contributed by atoms with E-state index in [1.165, 1.54) is 12.1 Å². The Kier molecular flexibility index (Phi) is 6.32. The van der Waals surface area contributed by atoms with Crippen molar-refractivity contribution in [2.24, 2.45) is 0 Å². The van der Waals surface area contributed by atoms with Crippen LogP contribution in [0.5, 0.6) is 5.75 Å². The molecule has 0 radical (unpaired) electrons. The molecule has 1 amide bonds. The van der Waals surface area contributed by atoms with Crippen molar-refractivity contribution in [3.05, 3.63) is 58.9 Å². The molecule has 6 heteroatoms. The highest BCUT2D eigenvalue weighted by atomic mass is 35.5. The second-order valence-electron chi connectivity index (χ2n) is 5.21. The average molecular weight is 350 g/mol. The molecule has 4 nitrogen and oxygen atoms in total. The molecule has 0 aliphatic carbocycles. The van der Waals surface area contributed by atoms with Crippen molar-refractivity contribution in [1.29, 1.82) is 0 Å². The Morgan fingerprint density at radius 2 is 1.88 bits per heavy atom. The summed E-state index contributed by atoms with van der Waals surface area (Å²) in [6.07, 6.45) is 1.38. The van der Waals surface area contributed by atoms with Crippen molar-refractivity contribution in [3.63, 3.8) is 0 Å². The van der Waals surface area contributed by atoms with Crippen LogP contribution < -0.4 is 10.1 Å². The van der Waals surface area contributed by atoms with Gasteiger partial charge in [-0.05, 0) is 48.7 Å². The summed E-state index contributed by atoms with van der Waals surface area (Å²) in [6, 6.07) is 11.3. The van der Waals surface area contributed by atoms with Gasteiger partial charge in [0.15, 0.2) is 0 Å². The number of methoxy groups -OCH3 is 1. The maximum Gasteiger partial charge on any atom is 0.291 e. The number of ketones is 1. The van der Waals surface area contributed by atoms with Gasteiger partial charge in [-0.2, -0.15) is 0 Å².